The predicted molar refractivity (Wildman–Crippen MR) is 54.5 cm³/mol. The highest BCUT2D eigenvalue weighted by Crippen LogP contribution is 2.22. The number of halogens is 3. The number of benzene rings is 1. The fourth-order valence-electron chi connectivity index (χ4n) is 0.780. The lowest BCUT2D eigenvalue weighted by Crippen LogP contribution is -2.20. The van der Waals surface area contributed by atoms with Crippen molar-refractivity contribution in [1.29, 1.82) is 0 Å². The molecule has 1 rings (SSSR count). The zero-order valence-corrected chi connectivity index (χ0v) is 8.68. The fourth-order valence-corrected chi connectivity index (χ4v) is 1.32. The summed E-state index contributed by atoms with van der Waals surface area (Å²) in [6.45, 7) is 0. The maximum atomic E-state index is 13.0. The first kappa shape index (κ1) is 10.3. The van der Waals surface area contributed by atoms with Crippen LogP contribution in [0.1, 0.15) is 0 Å². The molecule has 0 aliphatic heterocycles. The Morgan fingerprint density at radius 3 is 2.62 bits per heavy atom. The van der Waals surface area contributed by atoms with E-state index in [1.54, 1.807) is 0 Å². The molecular formula is C7H5BrF2N2S. The normalized spacial score (nSPS) is 9.77. The standard InChI is InChI=1S/C7H5BrF2N2S/c8-3-1-4(9)6(10)5(2-3)12-7(11)13/h1-2H,(H3,11,12,13). The number of rotatable bonds is 1. The van der Waals surface area contributed by atoms with Crippen molar-refractivity contribution in [2.24, 2.45) is 5.73 Å². The summed E-state index contributed by atoms with van der Waals surface area (Å²) in [7, 11) is 0. The second-order valence-electron chi connectivity index (χ2n) is 2.24. The Bertz CT molecular complexity index is 357. The molecule has 0 atom stereocenters. The molecule has 1 aromatic carbocycles. The number of nitrogens with two attached hydrogens (primary N) is 1. The molecule has 0 saturated carbocycles. The predicted octanol–water partition coefficient (Wildman–Crippen LogP) is 2.38. The van der Waals surface area contributed by atoms with Gasteiger partial charge >= 0.3 is 0 Å². The van der Waals surface area contributed by atoms with Gasteiger partial charge in [0.15, 0.2) is 16.7 Å². The van der Waals surface area contributed by atoms with Crippen LogP contribution >= 0.6 is 28.1 Å². The quantitative estimate of drug-likeness (QED) is 0.606. The first-order valence-corrected chi connectivity index (χ1v) is 4.42. The van der Waals surface area contributed by atoms with Crippen LogP contribution in [0, 0.1) is 11.6 Å². The second-order valence-corrected chi connectivity index (χ2v) is 3.59. The Hall–Kier alpha value is -0.750. The molecule has 70 valence electrons. The van der Waals surface area contributed by atoms with Crippen LogP contribution < -0.4 is 11.1 Å². The summed E-state index contributed by atoms with van der Waals surface area (Å²) < 4.78 is 26.1. The summed E-state index contributed by atoms with van der Waals surface area (Å²) in [5.74, 6) is -1.97. The van der Waals surface area contributed by atoms with Gasteiger partial charge in [-0.25, -0.2) is 8.78 Å². The van der Waals surface area contributed by atoms with Crippen LogP contribution in [0.5, 0.6) is 0 Å². The molecule has 0 fully saturated rings. The minimum Gasteiger partial charge on any atom is -0.376 e. The zero-order chi connectivity index (χ0) is 10.0. The average molecular weight is 267 g/mol. The molecule has 2 nitrogen and oxygen atoms in total. The van der Waals surface area contributed by atoms with Crippen molar-refractivity contribution in [3.8, 4) is 0 Å². The monoisotopic (exact) mass is 266 g/mol. The van der Waals surface area contributed by atoms with E-state index in [-0.39, 0.29) is 10.8 Å². The van der Waals surface area contributed by atoms with E-state index in [2.05, 4.69) is 33.5 Å². The molecule has 3 N–H and O–H groups in total. The summed E-state index contributed by atoms with van der Waals surface area (Å²) in [5, 5.41) is 2.20. The van der Waals surface area contributed by atoms with Crippen molar-refractivity contribution in [2.45, 2.75) is 0 Å². The second kappa shape index (κ2) is 3.97. The molecule has 0 aliphatic rings. The first-order chi connectivity index (χ1) is 6.00. The molecule has 0 saturated heterocycles. The van der Waals surface area contributed by atoms with Crippen molar-refractivity contribution in [3.63, 3.8) is 0 Å². The SMILES string of the molecule is NC(=S)Nc1cc(Br)cc(F)c1F. The molecule has 0 heterocycles. The molecule has 0 unspecified atom stereocenters. The minimum atomic E-state index is -1.00. The lowest BCUT2D eigenvalue weighted by molar-refractivity contribution is 0.511. The third kappa shape index (κ3) is 2.60. The summed E-state index contributed by atoms with van der Waals surface area (Å²) in [5.41, 5.74) is 5.03. The van der Waals surface area contributed by atoms with Gasteiger partial charge < -0.3 is 11.1 Å². The van der Waals surface area contributed by atoms with Crippen LogP contribution in [-0.4, -0.2) is 5.11 Å². The molecule has 0 aromatic heterocycles. The van der Waals surface area contributed by atoms with E-state index < -0.39 is 11.6 Å². The van der Waals surface area contributed by atoms with Gasteiger partial charge in [0, 0.05) is 4.47 Å². The largest absolute Gasteiger partial charge is 0.376 e. The summed E-state index contributed by atoms with van der Waals surface area (Å²) >= 11 is 7.49. The van der Waals surface area contributed by atoms with Gasteiger partial charge in [-0.15, -0.1) is 0 Å². The Morgan fingerprint density at radius 2 is 2.08 bits per heavy atom. The maximum absolute atomic E-state index is 13.0. The highest BCUT2D eigenvalue weighted by atomic mass is 79.9. The Morgan fingerprint density at radius 1 is 1.46 bits per heavy atom. The van der Waals surface area contributed by atoms with E-state index in [0.29, 0.717) is 4.47 Å². The van der Waals surface area contributed by atoms with Crippen molar-refractivity contribution in [3.05, 3.63) is 28.2 Å². The molecular weight excluding hydrogens is 262 g/mol. The molecule has 0 bridgehead atoms. The maximum Gasteiger partial charge on any atom is 0.182 e. The Balaban J connectivity index is 3.12. The van der Waals surface area contributed by atoms with Crippen LogP contribution in [0.15, 0.2) is 16.6 Å². The molecule has 1 aromatic rings. The van der Waals surface area contributed by atoms with Crippen LogP contribution in [-0.2, 0) is 0 Å². The van der Waals surface area contributed by atoms with E-state index >= 15 is 0 Å². The molecule has 6 heteroatoms. The Labute approximate surface area is 87.2 Å². The lowest BCUT2D eigenvalue weighted by atomic mass is 10.3. The van der Waals surface area contributed by atoms with Crippen molar-refractivity contribution >= 4 is 38.9 Å². The van der Waals surface area contributed by atoms with Crippen molar-refractivity contribution in [1.82, 2.24) is 0 Å². The van der Waals surface area contributed by atoms with E-state index in [0.717, 1.165) is 6.07 Å². The number of nitrogens with one attached hydrogen (secondary N) is 1. The van der Waals surface area contributed by atoms with Crippen LogP contribution in [0.2, 0.25) is 0 Å². The fraction of sp³-hybridized carbons (Fsp3) is 0. The van der Waals surface area contributed by atoms with E-state index in [4.69, 9.17) is 5.73 Å². The third-order valence-corrected chi connectivity index (χ3v) is 1.81. The van der Waals surface area contributed by atoms with E-state index in [1.807, 2.05) is 0 Å². The van der Waals surface area contributed by atoms with E-state index in [1.165, 1.54) is 6.07 Å². The van der Waals surface area contributed by atoms with Crippen molar-refractivity contribution in [2.75, 3.05) is 5.32 Å². The van der Waals surface area contributed by atoms with Gasteiger partial charge in [0.2, 0.25) is 0 Å². The topological polar surface area (TPSA) is 38.0 Å². The van der Waals surface area contributed by atoms with Gasteiger partial charge in [0.25, 0.3) is 0 Å². The number of hydrogen-bond acceptors (Lipinski definition) is 1. The number of thiocarbonyl (C=S) groups is 1. The summed E-state index contributed by atoms with van der Waals surface area (Å²) in [6, 6.07) is 2.36. The number of hydrogen-bond donors (Lipinski definition) is 2. The molecule has 0 aliphatic carbocycles. The number of anilines is 1. The molecule has 13 heavy (non-hydrogen) atoms. The molecule has 0 amide bonds. The Kier molecular flexibility index (Phi) is 3.16. The van der Waals surface area contributed by atoms with Gasteiger partial charge in [-0.1, -0.05) is 15.9 Å². The van der Waals surface area contributed by atoms with Crippen LogP contribution in [0.4, 0.5) is 14.5 Å². The van der Waals surface area contributed by atoms with Crippen LogP contribution in [0.3, 0.4) is 0 Å². The first-order valence-electron chi connectivity index (χ1n) is 3.21. The van der Waals surface area contributed by atoms with Gasteiger partial charge in [-0.3, -0.25) is 0 Å². The van der Waals surface area contributed by atoms with Gasteiger partial charge in [-0.05, 0) is 24.4 Å². The zero-order valence-electron chi connectivity index (χ0n) is 6.27. The van der Waals surface area contributed by atoms with Crippen molar-refractivity contribution < 1.29 is 8.78 Å². The highest BCUT2D eigenvalue weighted by molar-refractivity contribution is 9.10. The van der Waals surface area contributed by atoms with Crippen LogP contribution in [0.25, 0.3) is 0 Å². The average Bonchev–Trinajstić information content (AvgIpc) is 1.98. The smallest absolute Gasteiger partial charge is 0.182 e. The minimum absolute atomic E-state index is 0.0839. The molecule has 0 spiro atoms. The highest BCUT2D eigenvalue weighted by Gasteiger charge is 2.09. The van der Waals surface area contributed by atoms with Gasteiger partial charge in [0.1, 0.15) is 0 Å². The summed E-state index contributed by atoms with van der Waals surface area (Å²) in [4.78, 5) is 0. The van der Waals surface area contributed by atoms with Gasteiger partial charge in [-0.2, -0.15) is 0 Å². The lowest BCUT2D eigenvalue weighted by Gasteiger charge is -2.06. The molecule has 0 radical (unpaired) electrons. The van der Waals surface area contributed by atoms with Gasteiger partial charge in [0.05, 0.1) is 5.69 Å². The summed E-state index contributed by atoms with van der Waals surface area (Å²) in [6.07, 6.45) is 0. The van der Waals surface area contributed by atoms with E-state index in [9.17, 15) is 8.78 Å². The third-order valence-electron chi connectivity index (χ3n) is 1.25.